The predicted molar refractivity (Wildman–Crippen MR) is 84.3 cm³/mol. The lowest BCUT2D eigenvalue weighted by molar-refractivity contribution is 0.411. The second-order valence-corrected chi connectivity index (χ2v) is 6.56. The van der Waals surface area contributed by atoms with Crippen LogP contribution in [0.5, 0.6) is 0 Å². The molecule has 1 rings (SSSR count). The Kier molecular flexibility index (Phi) is 6.29. The average Bonchev–Trinajstić information content (AvgIpc) is 2.83. The first-order chi connectivity index (χ1) is 9.39. The number of aromatic nitrogens is 1. The van der Waals surface area contributed by atoms with E-state index in [2.05, 4.69) is 55.2 Å². The molecule has 3 nitrogen and oxygen atoms in total. The Labute approximate surface area is 124 Å². The van der Waals surface area contributed by atoms with Crippen LogP contribution in [0.1, 0.15) is 59.1 Å². The van der Waals surface area contributed by atoms with Gasteiger partial charge in [-0.05, 0) is 50.8 Å². The second kappa shape index (κ2) is 7.50. The van der Waals surface area contributed by atoms with Crippen LogP contribution >= 0.6 is 0 Å². The van der Waals surface area contributed by atoms with E-state index in [0.29, 0.717) is 12.0 Å². The maximum atomic E-state index is 9.02. The van der Waals surface area contributed by atoms with E-state index < -0.39 is 0 Å². The largest absolute Gasteiger partial charge is 0.354 e. The molecule has 0 amide bonds. The predicted octanol–water partition coefficient (Wildman–Crippen LogP) is 4.12. The zero-order valence-electron chi connectivity index (χ0n) is 13.6. The van der Waals surface area contributed by atoms with Crippen LogP contribution in [0, 0.1) is 22.7 Å². The van der Waals surface area contributed by atoms with Crippen LogP contribution in [0.3, 0.4) is 0 Å². The van der Waals surface area contributed by atoms with Gasteiger partial charge < -0.3 is 9.88 Å². The van der Waals surface area contributed by atoms with Crippen molar-refractivity contribution in [2.75, 3.05) is 6.54 Å². The minimum Gasteiger partial charge on any atom is -0.354 e. The normalized spacial score (nSPS) is 13.4. The summed E-state index contributed by atoms with van der Waals surface area (Å²) in [6.45, 7) is 12.6. The Hall–Kier alpha value is -1.27. The van der Waals surface area contributed by atoms with Crippen molar-refractivity contribution < 1.29 is 0 Å². The van der Waals surface area contributed by atoms with E-state index in [0.717, 1.165) is 25.9 Å². The summed E-state index contributed by atoms with van der Waals surface area (Å²) in [4.78, 5) is 0. The Morgan fingerprint density at radius 3 is 2.65 bits per heavy atom. The highest BCUT2D eigenvalue weighted by atomic mass is 15.0. The fraction of sp³-hybridized carbons (Fsp3) is 0.706. The van der Waals surface area contributed by atoms with E-state index in [4.69, 9.17) is 5.26 Å². The molecule has 20 heavy (non-hydrogen) atoms. The van der Waals surface area contributed by atoms with Gasteiger partial charge in [-0.3, -0.25) is 0 Å². The van der Waals surface area contributed by atoms with Crippen molar-refractivity contribution in [3.8, 4) is 6.07 Å². The fourth-order valence-electron chi connectivity index (χ4n) is 2.50. The minimum atomic E-state index is -0.208. The lowest BCUT2D eigenvalue weighted by Crippen LogP contribution is -2.25. The molecular weight excluding hydrogens is 246 g/mol. The van der Waals surface area contributed by atoms with E-state index >= 15 is 0 Å². The second-order valence-electron chi connectivity index (χ2n) is 6.56. The third-order valence-corrected chi connectivity index (χ3v) is 3.74. The van der Waals surface area contributed by atoms with Crippen LogP contribution in [-0.2, 0) is 6.54 Å². The van der Waals surface area contributed by atoms with Crippen LogP contribution in [0.4, 0.5) is 0 Å². The van der Waals surface area contributed by atoms with Crippen LogP contribution in [-0.4, -0.2) is 11.1 Å². The molecule has 1 unspecified atom stereocenters. The molecule has 0 radical (unpaired) electrons. The van der Waals surface area contributed by atoms with E-state index in [1.807, 2.05) is 13.8 Å². The molecule has 0 aliphatic rings. The highest BCUT2D eigenvalue weighted by Crippen LogP contribution is 2.23. The molecule has 1 aromatic heterocycles. The van der Waals surface area contributed by atoms with E-state index in [-0.39, 0.29) is 5.41 Å². The molecule has 0 bridgehead atoms. The van der Waals surface area contributed by atoms with Crippen molar-refractivity contribution in [1.29, 1.82) is 5.26 Å². The number of nitrogens with zero attached hydrogens (tertiary/aromatic N) is 2. The van der Waals surface area contributed by atoms with Gasteiger partial charge in [-0.2, -0.15) is 5.26 Å². The first kappa shape index (κ1) is 16.8. The molecule has 1 aromatic rings. The summed E-state index contributed by atoms with van der Waals surface area (Å²) in [5.74, 6) is 0.586. The zero-order valence-corrected chi connectivity index (χ0v) is 13.6. The number of aryl methyl sites for hydroxylation is 1. The van der Waals surface area contributed by atoms with Gasteiger partial charge >= 0.3 is 0 Å². The molecule has 0 spiro atoms. The molecule has 0 aliphatic carbocycles. The molecule has 0 aromatic carbocycles. The van der Waals surface area contributed by atoms with Gasteiger partial charge in [-0.25, -0.2) is 0 Å². The summed E-state index contributed by atoms with van der Waals surface area (Å²) in [6.07, 6.45) is 6.38. The number of hydrogen-bond donors (Lipinski definition) is 1. The molecule has 112 valence electrons. The standard InChI is InChI=1S/C17H29N3/c1-6-19-16(14(2)3)15-8-11-20(12-15)10-7-9-17(4,5)13-18/h8,11-12,14,16,19H,6-7,9-10H2,1-5H3. The van der Waals surface area contributed by atoms with Gasteiger partial charge in [0.1, 0.15) is 0 Å². The minimum absolute atomic E-state index is 0.208. The van der Waals surface area contributed by atoms with E-state index in [1.165, 1.54) is 5.56 Å². The Bertz CT molecular complexity index is 437. The zero-order chi connectivity index (χ0) is 15.2. The van der Waals surface area contributed by atoms with Crippen LogP contribution in [0.25, 0.3) is 0 Å². The van der Waals surface area contributed by atoms with Gasteiger partial charge in [-0.1, -0.05) is 20.8 Å². The summed E-state index contributed by atoms with van der Waals surface area (Å²) in [5.41, 5.74) is 1.15. The maximum absolute atomic E-state index is 9.02. The fourth-order valence-corrected chi connectivity index (χ4v) is 2.50. The molecule has 3 heteroatoms. The van der Waals surface area contributed by atoms with Crippen LogP contribution in [0.15, 0.2) is 18.5 Å². The van der Waals surface area contributed by atoms with Gasteiger partial charge in [0.25, 0.3) is 0 Å². The topological polar surface area (TPSA) is 40.8 Å². The van der Waals surface area contributed by atoms with Crippen LogP contribution < -0.4 is 5.32 Å². The lowest BCUT2D eigenvalue weighted by Gasteiger charge is -2.20. The van der Waals surface area contributed by atoms with Gasteiger partial charge in [-0.15, -0.1) is 0 Å². The third-order valence-electron chi connectivity index (χ3n) is 3.74. The van der Waals surface area contributed by atoms with Gasteiger partial charge in [0.05, 0.1) is 11.5 Å². The smallest absolute Gasteiger partial charge is 0.0683 e. The molecular formula is C17H29N3. The Morgan fingerprint density at radius 1 is 1.40 bits per heavy atom. The summed E-state index contributed by atoms with van der Waals surface area (Å²) < 4.78 is 2.25. The molecule has 0 fully saturated rings. The van der Waals surface area contributed by atoms with Gasteiger partial charge in [0, 0.05) is 25.0 Å². The van der Waals surface area contributed by atoms with Crippen molar-refractivity contribution in [2.45, 2.75) is 60.0 Å². The first-order valence-electron chi connectivity index (χ1n) is 7.70. The number of nitriles is 1. The quantitative estimate of drug-likeness (QED) is 0.775. The number of nitrogens with one attached hydrogen (secondary N) is 1. The lowest BCUT2D eigenvalue weighted by atomic mass is 9.90. The van der Waals surface area contributed by atoms with Crippen molar-refractivity contribution in [2.24, 2.45) is 11.3 Å². The number of hydrogen-bond acceptors (Lipinski definition) is 2. The summed E-state index contributed by atoms with van der Waals surface area (Å²) >= 11 is 0. The molecule has 1 heterocycles. The molecule has 0 saturated heterocycles. The van der Waals surface area contributed by atoms with Crippen LogP contribution in [0.2, 0.25) is 0 Å². The summed E-state index contributed by atoms with van der Waals surface area (Å²) in [6, 6.07) is 5.00. The maximum Gasteiger partial charge on any atom is 0.0683 e. The van der Waals surface area contributed by atoms with Gasteiger partial charge in [0.15, 0.2) is 0 Å². The molecule has 0 aliphatic heterocycles. The summed E-state index contributed by atoms with van der Waals surface area (Å²) in [7, 11) is 0. The highest BCUT2D eigenvalue weighted by Gasteiger charge is 2.17. The van der Waals surface area contributed by atoms with Crippen molar-refractivity contribution in [3.05, 3.63) is 24.0 Å². The van der Waals surface area contributed by atoms with Crippen molar-refractivity contribution in [1.82, 2.24) is 9.88 Å². The first-order valence-corrected chi connectivity index (χ1v) is 7.70. The van der Waals surface area contributed by atoms with Crippen molar-refractivity contribution >= 4 is 0 Å². The monoisotopic (exact) mass is 275 g/mol. The Balaban J connectivity index is 2.57. The number of rotatable bonds is 8. The van der Waals surface area contributed by atoms with Gasteiger partial charge in [0.2, 0.25) is 0 Å². The third kappa shape index (κ3) is 5.02. The SMILES string of the molecule is CCNC(c1ccn(CCCC(C)(C)C#N)c1)C(C)C. The molecule has 1 N–H and O–H groups in total. The summed E-state index contributed by atoms with van der Waals surface area (Å²) in [5, 5.41) is 12.6. The molecule has 0 saturated carbocycles. The average molecular weight is 275 g/mol. The van der Waals surface area contributed by atoms with E-state index in [9.17, 15) is 0 Å². The molecule has 1 atom stereocenters. The Morgan fingerprint density at radius 2 is 2.10 bits per heavy atom. The van der Waals surface area contributed by atoms with E-state index in [1.54, 1.807) is 0 Å². The van der Waals surface area contributed by atoms with Crippen molar-refractivity contribution in [3.63, 3.8) is 0 Å². The highest BCUT2D eigenvalue weighted by molar-refractivity contribution is 5.16.